The normalized spacial score (nSPS) is 11.4. The van der Waals surface area contributed by atoms with E-state index < -0.39 is 29.1 Å². The summed E-state index contributed by atoms with van der Waals surface area (Å²) >= 11 is 2.43. The number of alkyl halides is 3. The Hall–Kier alpha value is -3.89. The number of hydrogen-bond acceptors (Lipinski definition) is 8. The number of thiophene rings is 1. The predicted octanol–water partition coefficient (Wildman–Crippen LogP) is 3.45. The zero-order valence-electron chi connectivity index (χ0n) is 17.8. The first-order valence-electron chi connectivity index (χ1n) is 9.71. The highest BCUT2D eigenvalue weighted by atomic mass is 32.1. The van der Waals surface area contributed by atoms with Crippen LogP contribution in [0.5, 0.6) is 5.75 Å². The van der Waals surface area contributed by atoms with E-state index in [4.69, 9.17) is 15.9 Å². The lowest BCUT2D eigenvalue weighted by atomic mass is 10.1. The zero-order valence-corrected chi connectivity index (χ0v) is 19.4. The van der Waals surface area contributed by atoms with Gasteiger partial charge in [-0.1, -0.05) is 5.92 Å². The lowest BCUT2D eigenvalue weighted by molar-refractivity contribution is -0.145. The number of nitrogens with zero attached hydrogens (tertiary/aromatic N) is 3. The topological polar surface area (TPSA) is 92.4 Å². The van der Waals surface area contributed by atoms with E-state index in [0.717, 1.165) is 18.6 Å². The van der Waals surface area contributed by atoms with Crippen molar-refractivity contribution in [2.75, 3.05) is 13.2 Å². The molecule has 0 spiro atoms. The smallest absolute Gasteiger partial charge is 0.431 e. The molecule has 4 aromatic rings. The number of fused-ring (bicyclic) bond motifs is 1. The fraction of sp³-hybridized carbons (Fsp3) is 0.182. The van der Waals surface area contributed by atoms with Crippen LogP contribution in [0.2, 0.25) is 0 Å². The first-order valence-corrected chi connectivity index (χ1v) is 11.4. The van der Waals surface area contributed by atoms with Gasteiger partial charge in [-0.05, 0) is 41.2 Å². The number of halogens is 3. The van der Waals surface area contributed by atoms with E-state index in [2.05, 4.69) is 10.3 Å². The molecular formula is C22H14F3N3O5S2. The van der Waals surface area contributed by atoms with Crippen molar-refractivity contribution in [1.29, 1.82) is 0 Å². The van der Waals surface area contributed by atoms with Crippen molar-refractivity contribution < 1.29 is 27.4 Å². The number of carbonyl (C=O) groups excluding carboxylic acids is 1. The van der Waals surface area contributed by atoms with Crippen molar-refractivity contribution >= 4 is 38.9 Å². The second-order valence-corrected chi connectivity index (χ2v) is 8.74. The van der Waals surface area contributed by atoms with E-state index >= 15 is 0 Å². The summed E-state index contributed by atoms with van der Waals surface area (Å²) in [6.07, 6.45) is 0.193. The number of benzene rings is 1. The van der Waals surface area contributed by atoms with Gasteiger partial charge in [0.1, 0.15) is 17.1 Å². The summed E-state index contributed by atoms with van der Waals surface area (Å²) in [5.74, 6) is 1.88. The largest absolute Gasteiger partial charge is 0.480 e. The second kappa shape index (κ2) is 9.40. The minimum Gasteiger partial charge on any atom is -0.480 e. The van der Waals surface area contributed by atoms with Crippen LogP contribution in [0.25, 0.3) is 26.3 Å². The van der Waals surface area contributed by atoms with Crippen molar-refractivity contribution in [2.24, 2.45) is 7.05 Å². The molecule has 0 aliphatic heterocycles. The minimum absolute atomic E-state index is 0.0789. The molecule has 0 radical (unpaired) electrons. The van der Waals surface area contributed by atoms with Gasteiger partial charge in [-0.3, -0.25) is 9.36 Å². The minimum atomic E-state index is -4.86. The third kappa shape index (κ3) is 4.71. The average molecular weight is 521 g/mol. The van der Waals surface area contributed by atoms with Gasteiger partial charge >= 0.3 is 17.8 Å². The maximum atomic E-state index is 13.2. The SMILES string of the molecule is C#CCOC(=O)COc1ccsc1-c1nsc2ccc(-n3c(=O)cc(C(F)(F)F)n(C)c3=O)cc12. The van der Waals surface area contributed by atoms with Crippen LogP contribution >= 0.6 is 22.9 Å². The Labute approximate surface area is 202 Å². The molecule has 0 aliphatic rings. The third-order valence-corrected chi connectivity index (χ3v) is 6.56. The van der Waals surface area contributed by atoms with Gasteiger partial charge in [0.05, 0.1) is 15.3 Å². The van der Waals surface area contributed by atoms with E-state index in [1.54, 1.807) is 17.5 Å². The highest BCUT2D eigenvalue weighted by molar-refractivity contribution is 7.16. The van der Waals surface area contributed by atoms with Crippen LogP contribution in [-0.2, 0) is 22.8 Å². The number of rotatable bonds is 6. The van der Waals surface area contributed by atoms with Crippen LogP contribution in [0.4, 0.5) is 13.2 Å². The van der Waals surface area contributed by atoms with E-state index in [1.165, 1.54) is 23.5 Å². The molecule has 3 heterocycles. The fourth-order valence-corrected chi connectivity index (χ4v) is 4.91. The van der Waals surface area contributed by atoms with E-state index in [-0.39, 0.29) is 18.9 Å². The van der Waals surface area contributed by atoms with Crippen molar-refractivity contribution in [2.45, 2.75) is 6.18 Å². The molecule has 1 aromatic carbocycles. The molecule has 3 aromatic heterocycles. The Morgan fingerprint density at radius 1 is 1.23 bits per heavy atom. The molecule has 0 fully saturated rings. The highest BCUT2D eigenvalue weighted by Crippen LogP contribution is 2.40. The molecule has 0 unspecified atom stereocenters. The van der Waals surface area contributed by atoms with Crippen LogP contribution < -0.4 is 16.0 Å². The second-order valence-electron chi connectivity index (χ2n) is 7.02. The molecule has 4 rings (SSSR count). The summed E-state index contributed by atoms with van der Waals surface area (Å²) in [6, 6.07) is 6.58. The average Bonchev–Trinajstić information content (AvgIpc) is 3.44. The van der Waals surface area contributed by atoms with E-state index in [9.17, 15) is 27.6 Å². The Kier molecular flexibility index (Phi) is 6.51. The van der Waals surface area contributed by atoms with Gasteiger partial charge in [0.25, 0.3) is 5.56 Å². The van der Waals surface area contributed by atoms with Gasteiger partial charge in [-0.15, -0.1) is 17.8 Å². The molecule has 0 amide bonds. The molecule has 35 heavy (non-hydrogen) atoms. The van der Waals surface area contributed by atoms with Crippen LogP contribution in [0.1, 0.15) is 5.69 Å². The molecule has 0 N–H and O–H groups in total. The number of carbonyl (C=O) groups is 1. The summed E-state index contributed by atoms with van der Waals surface area (Å²) in [7, 11) is 0.946. The summed E-state index contributed by atoms with van der Waals surface area (Å²) in [5, 5.41) is 2.27. The Morgan fingerprint density at radius 2 is 2.00 bits per heavy atom. The number of terminal acetylenes is 1. The molecule has 0 aliphatic carbocycles. The lowest BCUT2D eigenvalue weighted by Gasteiger charge is -2.14. The molecule has 0 atom stereocenters. The first kappa shape index (κ1) is 24.2. The molecule has 0 saturated heterocycles. The summed E-state index contributed by atoms with van der Waals surface area (Å²) in [4.78, 5) is 37.4. The van der Waals surface area contributed by atoms with Crippen molar-refractivity contribution in [3.8, 4) is 34.4 Å². The number of hydrogen-bond donors (Lipinski definition) is 0. The maximum Gasteiger partial charge on any atom is 0.431 e. The number of esters is 1. The third-order valence-electron chi connectivity index (χ3n) is 4.83. The standard InChI is InChI=1S/C22H14F3N3O5S2/c1-3-7-32-18(30)11-33-14-6-8-34-20(14)19-13-9-12(4-5-15(13)35-26-19)28-17(29)10-16(22(23,24)25)27(2)21(28)31/h1,4-6,8-10H,7,11H2,2H3. The summed E-state index contributed by atoms with van der Waals surface area (Å²) < 4.78 is 56.0. The first-order chi connectivity index (χ1) is 16.6. The fourth-order valence-electron chi connectivity index (χ4n) is 3.25. The zero-order chi connectivity index (χ0) is 25.3. The van der Waals surface area contributed by atoms with Crippen LogP contribution in [-0.4, -0.2) is 32.7 Å². The predicted molar refractivity (Wildman–Crippen MR) is 124 cm³/mol. The van der Waals surface area contributed by atoms with E-state index in [0.29, 0.717) is 41.6 Å². The number of aromatic nitrogens is 3. The number of ether oxygens (including phenoxy) is 2. The summed E-state index contributed by atoms with van der Waals surface area (Å²) in [6.45, 7) is -0.559. The lowest BCUT2D eigenvalue weighted by Crippen LogP contribution is -2.40. The van der Waals surface area contributed by atoms with Gasteiger partial charge in [0.15, 0.2) is 13.2 Å². The van der Waals surface area contributed by atoms with Gasteiger partial charge in [0, 0.05) is 18.5 Å². The van der Waals surface area contributed by atoms with Gasteiger partial charge < -0.3 is 9.47 Å². The molecule has 8 nitrogen and oxygen atoms in total. The highest BCUT2D eigenvalue weighted by Gasteiger charge is 2.35. The molecule has 180 valence electrons. The maximum absolute atomic E-state index is 13.2. The quantitative estimate of drug-likeness (QED) is 0.285. The van der Waals surface area contributed by atoms with Crippen LogP contribution in [0.3, 0.4) is 0 Å². The van der Waals surface area contributed by atoms with Crippen molar-refractivity contribution in [3.63, 3.8) is 0 Å². The van der Waals surface area contributed by atoms with Crippen LogP contribution in [0.15, 0.2) is 45.3 Å². The van der Waals surface area contributed by atoms with Gasteiger partial charge in [0.2, 0.25) is 0 Å². The van der Waals surface area contributed by atoms with E-state index in [1.807, 2.05) is 0 Å². The van der Waals surface area contributed by atoms with Crippen molar-refractivity contribution in [3.05, 3.63) is 62.2 Å². The van der Waals surface area contributed by atoms with Gasteiger partial charge in [-0.2, -0.15) is 17.5 Å². The Balaban J connectivity index is 1.75. The molecular weight excluding hydrogens is 507 g/mol. The Morgan fingerprint density at radius 3 is 2.71 bits per heavy atom. The van der Waals surface area contributed by atoms with Gasteiger partial charge in [-0.25, -0.2) is 14.2 Å². The summed E-state index contributed by atoms with van der Waals surface area (Å²) in [5.41, 5.74) is -3.06. The van der Waals surface area contributed by atoms with Crippen molar-refractivity contribution in [1.82, 2.24) is 13.5 Å². The molecule has 13 heteroatoms. The molecule has 0 bridgehead atoms. The molecule has 0 saturated carbocycles. The Bertz CT molecular complexity index is 1590. The van der Waals surface area contributed by atoms with Crippen LogP contribution in [0, 0.1) is 12.3 Å². The monoisotopic (exact) mass is 521 g/mol.